The van der Waals surface area contributed by atoms with Crippen LogP contribution in [0, 0.1) is 0 Å². The van der Waals surface area contributed by atoms with Gasteiger partial charge in [0.25, 0.3) is 0 Å². The van der Waals surface area contributed by atoms with Gasteiger partial charge in [0.05, 0.1) is 17.6 Å². The normalized spacial score (nSPS) is 22.4. The van der Waals surface area contributed by atoms with Crippen molar-refractivity contribution in [3.05, 3.63) is 35.4 Å². The number of methoxy groups -OCH3 is 1. The molecule has 0 bridgehead atoms. The molecular weight excluding hydrogens is 262 g/mol. The Balaban J connectivity index is 2.28. The fourth-order valence-corrected chi connectivity index (χ4v) is 4.50. The van der Waals surface area contributed by atoms with Crippen molar-refractivity contribution in [3.8, 4) is 0 Å². The lowest BCUT2D eigenvalue weighted by Crippen LogP contribution is -2.36. The summed E-state index contributed by atoms with van der Waals surface area (Å²) in [6, 6.07) is 7.88. The van der Waals surface area contributed by atoms with Gasteiger partial charge in [-0.1, -0.05) is 31.2 Å². The van der Waals surface area contributed by atoms with Crippen molar-refractivity contribution in [1.29, 1.82) is 0 Å². The molecule has 0 saturated heterocycles. The quantitative estimate of drug-likeness (QED) is 0.855. The number of ether oxygens (including phenoxy) is 1. The Bertz CT molecular complexity index is 527. The second-order valence-electron chi connectivity index (χ2n) is 4.84. The Morgan fingerprint density at radius 3 is 2.79 bits per heavy atom. The first-order chi connectivity index (χ1) is 9.10. The fourth-order valence-electron chi connectivity index (χ4n) is 2.70. The zero-order valence-electron chi connectivity index (χ0n) is 11.4. The van der Waals surface area contributed by atoms with Crippen LogP contribution >= 0.6 is 0 Å². The summed E-state index contributed by atoms with van der Waals surface area (Å²) in [6.45, 7) is 3.02. The summed E-state index contributed by atoms with van der Waals surface area (Å²) in [6.07, 6.45) is 0.597. The third-order valence-corrected chi connectivity index (χ3v) is 5.74. The molecule has 0 spiro atoms. The van der Waals surface area contributed by atoms with Gasteiger partial charge in [-0.15, -0.1) is 0 Å². The van der Waals surface area contributed by atoms with Gasteiger partial charge in [-0.25, -0.2) is 8.42 Å². The maximum atomic E-state index is 12.4. The minimum atomic E-state index is -3.15. The van der Waals surface area contributed by atoms with Crippen LogP contribution in [0.25, 0.3) is 0 Å². The topological polar surface area (TPSA) is 55.4 Å². The maximum absolute atomic E-state index is 12.4. The number of rotatable bonds is 6. The van der Waals surface area contributed by atoms with Crippen molar-refractivity contribution in [1.82, 2.24) is 5.32 Å². The van der Waals surface area contributed by atoms with E-state index in [4.69, 9.17) is 4.74 Å². The predicted octanol–water partition coefficient (Wildman–Crippen LogP) is 1.32. The number of hydrogen-bond donors (Lipinski definition) is 1. The summed E-state index contributed by atoms with van der Waals surface area (Å²) in [7, 11) is -1.62. The molecule has 0 fully saturated rings. The number of fused-ring (bicyclic) bond motifs is 1. The Hall–Kier alpha value is -0.910. The van der Waals surface area contributed by atoms with Crippen LogP contribution in [-0.2, 0) is 21.0 Å². The molecule has 2 rings (SSSR count). The van der Waals surface area contributed by atoms with E-state index in [2.05, 4.69) is 5.32 Å². The van der Waals surface area contributed by atoms with Gasteiger partial charge in [-0.05, 0) is 24.1 Å². The van der Waals surface area contributed by atoms with E-state index in [0.29, 0.717) is 6.42 Å². The van der Waals surface area contributed by atoms with Crippen LogP contribution in [0.2, 0.25) is 0 Å². The predicted molar refractivity (Wildman–Crippen MR) is 76.0 cm³/mol. The van der Waals surface area contributed by atoms with Crippen molar-refractivity contribution < 1.29 is 13.2 Å². The molecule has 0 aliphatic heterocycles. The van der Waals surface area contributed by atoms with Crippen molar-refractivity contribution in [3.63, 3.8) is 0 Å². The Morgan fingerprint density at radius 1 is 1.37 bits per heavy atom. The van der Waals surface area contributed by atoms with Crippen LogP contribution in [0.1, 0.15) is 24.1 Å². The van der Waals surface area contributed by atoms with Crippen LogP contribution < -0.4 is 5.32 Å². The second-order valence-corrected chi connectivity index (χ2v) is 7.18. The molecular formula is C14H21NO3S. The summed E-state index contributed by atoms with van der Waals surface area (Å²) < 4.78 is 29.8. The minimum Gasteiger partial charge on any atom is -0.384 e. The molecule has 0 heterocycles. The molecule has 5 heteroatoms. The summed E-state index contributed by atoms with van der Waals surface area (Å²) in [5.74, 6) is 0.0874. The average Bonchev–Trinajstić information content (AvgIpc) is 2.77. The highest BCUT2D eigenvalue weighted by molar-refractivity contribution is 7.92. The van der Waals surface area contributed by atoms with Crippen LogP contribution in [0.5, 0.6) is 0 Å². The third kappa shape index (κ3) is 2.99. The smallest absolute Gasteiger partial charge is 0.157 e. The van der Waals surface area contributed by atoms with Crippen LogP contribution in [0.4, 0.5) is 0 Å². The number of nitrogens with one attached hydrogen (secondary N) is 1. The highest BCUT2D eigenvalue weighted by atomic mass is 32.2. The molecule has 0 aromatic heterocycles. The van der Waals surface area contributed by atoms with Gasteiger partial charge < -0.3 is 10.1 Å². The Kier molecular flexibility index (Phi) is 4.60. The fraction of sp³-hybridized carbons (Fsp3) is 0.571. The monoisotopic (exact) mass is 283 g/mol. The summed E-state index contributed by atoms with van der Waals surface area (Å²) >= 11 is 0. The summed E-state index contributed by atoms with van der Waals surface area (Å²) in [4.78, 5) is 0. The number of benzene rings is 1. The highest BCUT2D eigenvalue weighted by Gasteiger charge is 2.39. The van der Waals surface area contributed by atoms with Crippen molar-refractivity contribution in [2.75, 3.05) is 26.0 Å². The molecule has 0 amide bonds. The van der Waals surface area contributed by atoms with E-state index in [1.54, 1.807) is 0 Å². The van der Waals surface area contributed by atoms with Gasteiger partial charge in [0.2, 0.25) is 0 Å². The highest BCUT2D eigenvalue weighted by Crippen LogP contribution is 2.35. The zero-order chi connectivity index (χ0) is 13.9. The molecule has 1 aromatic rings. The summed E-state index contributed by atoms with van der Waals surface area (Å²) in [5.41, 5.74) is 2.26. The summed E-state index contributed by atoms with van der Waals surface area (Å²) in [5, 5.41) is 2.94. The maximum Gasteiger partial charge on any atom is 0.157 e. The van der Waals surface area contributed by atoms with Gasteiger partial charge >= 0.3 is 0 Å². The first-order valence-electron chi connectivity index (χ1n) is 6.62. The lowest BCUT2D eigenvalue weighted by molar-refractivity contribution is 0.216. The van der Waals surface area contributed by atoms with Gasteiger partial charge in [0.15, 0.2) is 9.84 Å². The average molecular weight is 283 g/mol. The van der Waals surface area contributed by atoms with Gasteiger partial charge in [-0.2, -0.15) is 0 Å². The molecule has 1 aromatic carbocycles. The van der Waals surface area contributed by atoms with E-state index in [1.165, 1.54) is 7.11 Å². The molecule has 2 unspecified atom stereocenters. The first-order valence-corrected chi connectivity index (χ1v) is 8.33. The SMILES string of the molecule is CCNC1c2ccccc2CC1S(=O)(=O)CCOC. The number of hydrogen-bond acceptors (Lipinski definition) is 4. The van der Waals surface area contributed by atoms with Gasteiger partial charge in [0, 0.05) is 13.2 Å². The molecule has 106 valence electrons. The molecule has 0 saturated carbocycles. The molecule has 1 N–H and O–H groups in total. The third-order valence-electron chi connectivity index (χ3n) is 3.64. The van der Waals surface area contributed by atoms with E-state index in [1.807, 2.05) is 31.2 Å². The van der Waals surface area contributed by atoms with E-state index < -0.39 is 9.84 Å². The molecule has 1 aliphatic carbocycles. The molecule has 0 radical (unpaired) electrons. The van der Waals surface area contributed by atoms with Crippen molar-refractivity contribution >= 4 is 9.84 Å². The van der Waals surface area contributed by atoms with Gasteiger partial charge in [-0.3, -0.25) is 0 Å². The zero-order valence-corrected chi connectivity index (χ0v) is 12.2. The van der Waals surface area contributed by atoms with Crippen LogP contribution in [-0.4, -0.2) is 39.7 Å². The largest absolute Gasteiger partial charge is 0.384 e. The Morgan fingerprint density at radius 2 is 2.11 bits per heavy atom. The van der Waals surface area contributed by atoms with E-state index in [0.717, 1.165) is 17.7 Å². The van der Waals surface area contributed by atoms with Crippen molar-refractivity contribution in [2.24, 2.45) is 0 Å². The van der Waals surface area contributed by atoms with Gasteiger partial charge in [0.1, 0.15) is 0 Å². The lowest BCUT2D eigenvalue weighted by Gasteiger charge is -2.21. The standard InChI is InChI=1S/C14H21NO3S/c1-3-15-14-12-7-5-4-6-11(12)10-13(14)19(16,17)9-8-18-2/h4-7,13-15H,3,8-10H2,1-2H3. The first kappa shape index (κ1) is 14.5. The Labute approximate surface area is 115 Å². The molecule has 1 aliphatic rings. The lowest BCUT2D eigenvalue weighted by atomic mass is 10.1. The molecule has 19 heavy (non-hydrogen) atoms. The van der Waals surface area contributed by atoms with E-state index in [9.17, 15) is 8.42 Å². The van der Waals surface area contributed by atoms with Crippen molar-refractivity contribution in [2.45, 2.75) is 24.6 Å². The second kappa shape index (κ2) is 6.03. The van der Waals surface area contributed by atoms with E-state index in [-0.39, 0.29) is 23.7 Å². The minimum absolute atomic E-state index is 0.0874. The van der Waals surface area contributed by atoms with Crippen LogP contribution in [0.3, 0.4) is 0 Å². The van der Waals surface area contributed by atoms with Crippen LogP contribution in [0.15, 0.2) is 24.3 Å². The molecule has 4 nitrogen and oxygen atoms in total. The number of sulfone groups is 1. The van der Waals surface area contributed by atoms with E-state index >= 15 is 0 Å². The molecule has 2 atom stereocenters.